The second-order valence-corrected chi connectivity index (χ2v) is 27.3. The molecule has 0 rings (SSSR count). The van der Waals surface area contributed by atoms with Crippen LogP contribution in [0.5, 0.6) is 0 Å². The summed E-state index contributed by atoms with van der Waals surface area (Å²) < 4.78 is 22.9. The minimum absolute atomic E-state index is 0.150. The van der Waals surface area contributed by atoms with E-state index < -0.39 is 24.3 Å². The number of likely N-dealkylation sites (N-methyl/N-ethyl adjacent to an activating group) is 1. The molecule has 0 saturated heterocycles. The summed E-state index contributed by atoms with van der Waals surface area (Å²) in [6.07, 6.45) is 85.4. The molecule has 0 bridgehead atoms. The molecule has 512 valence electrons. The Hall–Kier alpha value is -2.49. The number of nitrogens with zero attached hydrogens (tertiary/aromatic N) is 1. The summed E-state index contributed by atoms with van der Waals surface area (Å²) >= 11 is 0. The van der Waals surface area contributed by atoms with Gasteiger partial charge in [-0.15, -0.1) is 0 Å². The number of carboxylic acids is 1. The second kappa shape index (κ2) is 69.4. The van der Waals surface area contributed by atoms with Crippen molar-refractivity contribution in [3.8, 4) is 0 Å². The molecule has 2 unspecified atom stereocenters. The van der Waals surface area contributed by atoms with Crippen molar-refractivity contribution >= 4 is 17.9 Å². The van der Waals surface area contributed by atoms with Crippen LogP contribution < -0.4 is 5.11 Å². The van der Waals surface area contributed by atoms with Crippen LogP contribution in [0.15, 0.2) is 36.5 Å². The normalized spacial score (nSPS) is 12.8. The third-order valence-electron chi connectivity index (χ3n) is 17.4. The quantitative estimate of drug-likeness (QED) is 0.0195. The lowest BCUT2D eigenvalue weighted by molar-refractivity contribution is -0.870. The molecule has 0 saturated carbocycles. The van der Waals surface area contributed by atoms with E-state index in [0.29, 0.717) is 23.9 Å². The maximum atomic E-state index is 12.9. The number of quaternary nitrogens is 1. The topological polar surface area (TPSA) is 111 Å². The first-order valence-corrected chi connectivity index (χ1v) is 38.1. The number of aliphatic carboxylic acids is 1. The van der Waals surface area contributed by atoms with Crippen molar-refractivity contribution < 1.29 is 42.9 Å². The van der Waals surface area contributed by atoms with E-state index in [0.717, 1.165) is 38.5 Å². The molecule has 0 N–H and O–H groups in total. The lowest BCUT2D eigenvalue weighted by Gasteiger charge is -2.26. The van der Waals surface area contributed by atoms with Crippen LogP contribution in [0.3, 0.4) is 0 Å². The molecule has 9 heteroatoms. The Labute approximate surface area is 540 Å². The molecular weight excluding hydrogens is 1080 g/mol. The van der Waals surface area contributed by atoms with E-state index in [9.17, 15) is 19.5 Å². The fourth-order valence-electron chi connectivity index (χ4n) is 11.5. The van der Waals surface area contributed by atoms with Crippen LogP contribution in [0.4, 0.5) is 0 Å². The van der Waals surface area contributed by atoms with Gasteiger partial charge in [-0.25, -0.2) is 0 Å². The minimum Gasteiger partial charge on any atom is -0.545 e. The highest BCUT2D eigenvalue weighted by atomic mass is 16.7. The van der Waals surface area contributed by atoms with E-state index in [1.165, 1.54) is 315 Å². The summed E-state index contributed by atoms with van der Waals surface area (Å²) in [5, 5.41) is 11.8. The van der Waals surface area contributed by atoms with E-state index in [4.69, 9.17) is 18.9 Å². The standard InChI is InChI=1S/C78H147NO8/c1-6-8-10-12-14-16-18-20-22-24-26-28-30-32-34-35-36-37-38-39-40-41-43-44-46-48-50-52-54-56-58-60-62-64-66-68-75(80)85-72-74(73-86-78(77(82)83)84-71-70-79(3,4)5)87-76(81)69-67-65-63-61-59-57-55-53-51-49-47-45-42-33-31-29-27-25-23-21-19-17-15-13-11-9-7-2/h19,21,24-27,74,78H,6-18,20,22-23,28-73H2,1-5H3/b21-19-,26-24-,27-25-. The summed E-state index contributed by atoms with van der Waals surface area (Å²) in [6.45, 7) is 4.81. The zero-order valence-electron chi connectivity index (χ0n) is 58.7. The minimum atomic E-state index is -1.62. The van der Waals surface area contributed by atoms with Gasteiger partial charge in [0.25, 0.3) is 0 Å². The summed E-state index contributed by atoms with van der Waals surface area (Å²) in [5.41, 5.74) is 0. The van der Waals surface area contributed by atoms with Crippen LogP contribution in [-0.4, -0.2) is 82.3 Å². The molecule has 0 amide bonds. The molecule has 0 aromatic carbocycles. The molecule has 0 aliphatic carbocycles. The molecule has 0 aliphatic rings. The van der Waals surface area contributed by atoms with Crippen LogP contribution in [0.2, 0.25) is 0 Å². The Kier molecular flexibility index (Phi) is 67.4. The van der Waals surface area contributed by atoms with Gasteiger partial charge in [-0.2, -0.15) is 0 Å². The van der Waals surface area contributed by atoms with Gasteiger partial charge in [0, 0.05) is 12.8 Å². The Balaban J connectivity index is 3.99. The first kappa shape index (κ1) is 84.5. The van der Waals surface area contributed by atoms with Crippen molar-refractivity contribution in [3.63, 3.8) is 0 Å². The summed E-state index contributed by atoms with van der Waals surface area (Å²) in [5.74, 6) is -2.25. The van der Waals surface area contributed by atoms with Crippen molar-refractivity contribution in [1.29, 1.82) is 0 Å². The van der Waals surface area contributed by atoms with Gasteiger partial charge >= 0.3 is 11.9 Å². The van der Waals surface area contributed by atoms with E-state index in [2.05, 4.69) is 50.3 Å². The summed E-state index contributed by atoms with van der Waals surface area (Å²) in [7, 11) is 5.95. The van der Waals surface area contributed by atoms with Crippen LogP contribution in [0.25, 0.3) is 0 Å². The fourth-order valence-corrected chi connectivity index (χ4v) is 11.5. The number of esters is 2. The number of carboxylic acid groups (broad SMARTS) is 1. The van der Waals surface area contributed by atoms with Crippen molar-refractivity contribution in [2.45, 2.75) is 399 Å². The molecule has 0 spiro atoms. The third-order valence-corrected chi connectivity index (χ3v) is 17.4. The van der Waals surface area contributed by atoms with Crippen LogP contribution in [0, 0.1) is 0 Å². The molecule has 0 aromatic rings. The van der Waals surface area contributed by atoms with Gasteiger partial charge in [-0.3, -0.25) is 9.59 Å². The number of hydrogen-bond donors (Lipinski definition) is 0. The first-order valence-electron chi connectivity index (χ1n) is 38.1. The van der Waals surface area contributed by atoms with Gasteiger partial charge in [-0.05, 0) is 70.6 Å². The summed E-state index contributed by atoms with van der Waals surface area (Å²) in [4.78, 5) is 37.5. The van der Waals surface area contributed by atoms with Crippen molar-refractivity contribution in [2.24, 2.45) is 0 Å². The highest BCUT2D eigenvalue weighted by molar-refractivity contribution is 5.70. The summed E-state index contributed by atoms with van der Waals surface area (Å²) in [6, 6.07) is 0. The number of allylic oxidation sites excluding steroid dienone is 6. The Morgan fingerprint density at radius 3 is 0.920 bits per heavy atom. The number of carbonyl (C=O) groups is 3. The van der Waals surface area contributed by atoms with E-state index in [1.54, 1.807) is 0 Å². The molecule has 0 fully saturated rings. The maximum Gasteiger partial charge on any atom is 0.306 e. The number of unbranched alkanes of at least 4 members (excludes halogenated alkanes) is 51. The highest BCUT2D eigenvalue weighted by Gasteiger charge is 2.22. The lowest BCUT2D eigenvalue weighted by Crippen LogP contribution is -2.44. The molecule has 2 atom stereocenters. The van der Waals surface area contributed by atoms with E-state index in [-0.39, 0.29) is 32.2 Å². The predicted octanol–water partition coefficient (Wildman–Crippen LogP) is 22.6. The third kappa shape index (κ3) is 70.8. The van der Waals surface area contributed by atoms with E-state index >= 15 is 0 Å². The molecular formula is C78H147NO8. The monoisotopic (exact) mass is 1230 g/mol. The second-order valence-electron chi connectivity index (χ2n) is 27.3. The largest absolute Gasteiger partial charge is 0.545 e. The zero-order valence-corrected chi connectivity index (χ0v) is 58.7. The van der Waals surface area contributed by atoms with Gasteiger partial charge in [0.05, 0.1) is 40.3 Å². The van der Waals surface area contributed by atoms with Crippen molar-refractivity contribution in [3.05, 3.63) is 36.5 Å². The zero-order chi connectivity index (χ0) is 63.3. The van der Waals surface area contributed by atoms with Crippen LogP contribution in [-0.2, 0) is 33.3 Å². The molecule has 87 heavy (non-hydrogen) atoms. The number of ether oxygens (including phenoxy) is 4. The molecule has 0 radical (unpaired) electrons. The van der Waals surface area contributed by atoms with Gasteiger partial charge in [0.15, 0.2) is 12.4 Å². The van der Waals surface area contributed by atoms with Gasteiger partial charge in [0.2, 0.25) is 0 Å². The average molecular weight is 1230 g/mol. The number of rotatable bonds is 72. The fraction of sp³-hybridized carbons (Fsp3) is 0.885. The Morgan fingerprint density at radius 1 is 0.345 bits per heavy atom. The SMILES string of the molecule is CCCCCCC/C=C\C/C=C\CCCCCCCCCCCCCCCCCC(=O)OC(COC(=O)CCCCCCCCCCCCCCCCCCCCCCCCC/C=C\CCCCCCCCCC)COC(OCC[N+](C)(C)C)C(=O)[O-]. The number of hydrogen-bond acceptors (Lipinski definition) is 8. The molecule has 0 heterocycles. The Morgan fingerprint density at radius 2 is 0.621 bits per heavy atom. The van der Waals surface area contributed by atoms with Crippen molar-refractivity contribution in [1.82, 2.24) is 0 Å². The van der Waals surface area contributed by atoms with Crippen LogP contribution >= 0.6 is 0 Å². The molecule has 0 aromatic heterocycles. The number of carbonyl (C=O) groups excluding carboxylic acids is 3. The Bertz CT molecular complexity index is 1520. The first-order chi connectivity index (χ1) is 42.6. The maximum absolute atomic E-state index is 12.9. The smallest absolute Gasteiger partial charge is 0.306 e. The molecule has 9 nitrogen and oxygen atoms in total. The van der Waals surface area contributed by atoms with Gasteiger partial charge < -0.3 is 33.3 Å². The van der Waals surface area contributed by atoms with Gasteiger partial charge in [-0.1, -0.05) is 339 Å². The molecule has 0 aliphatic heterocycles. The highest BCUT2D eigenvalue weighted by Crippen LogP contribution is 2.19. The van der Waals surface area contributed by atoms with Crippen molar-refractivity contribution in [2.75, 3.05) is 47.5 Å². The average Bonchev–Trinajstić information content (AvgIpc) is 3.56. The predicted molar refractivity (Wildman–Crippen MR) is 371 cm³/mol. The lowest BCUT2D eigenvalue weighted by atomic mass is 10.0. The van der Waals surface area contributed by atoms with E-state index in [1.807, 2.05) is 21.1 Å². The van der Waals surface area contributed by atoms with Crippen LogP contribution in [0.1, 0.15) is 386 Å². The van der Waals surface area contributed by atoms with Gasteiger partial charge in [0.1, 0.15) is 13.2 Å².